The SMILES string of the molecule is Cc1ccc(C)c(SC(CCN)C(F)(F)F)c1. The van der Waals surface area contributed by atoms with Gasteiger partial charge in [-0.25, -0.2) is 0 Å². The molecule has 1 aromatic rings. The van der Waals surface area contributed by atoms with Gasteiger partial charge < -0.3 is 5.73 Å². The molecule has 1 unspecified atom stereocenters. The molecule has 0 aliphatic heterocycles. The number of rotatable bonds is 4. The Balaban J connectivity index is 2.89. The van der Waals surface area contributed by atoms with Gasteiger partial charge in [-0.2, -0.15) is 13.2 Å². The molecule has 17 heavy (non-hydrogen) atoms. The summed E-state index contributed by atoms with van der Waals surface area (Å²) >= 11 is 0.856. The monoisotopic (exact) mass is 263 g/mol. The predicted octanol–water partition coefficient (Wildman–Crippen LogP) is 3.68. The highest BCUT2D eigenvalue weighted by atomic mass is 32.2. The van der Waals surface area contributed by atoms with Crippen LogP contribution in [0.3, 0.4) is 0 Å². The van der Waals surface area contributed by atoms with Crippen LogP contribution in [0.2, 0.25) is 0 Å². The molecule has 0 radical (unpaired) electrons. The van der Waals surface area contributed by atoms with Crippen molar-refractivity contribution >= 4 is 11.8 Å². The van der Waals surface area contributed by atoms with Gasteiger partial charge in [0.05, 0.1) is 0 Å². The Morgan fingerprint density at radius 3 is 2.47 bits per heavy atom. The summed E-state index contributed by atoms with van der Waals surface area (Å²) in [6.07, 6.45) is -4.26. The van der Waals surface area contributed by atoms with Crippen LogP contribution < -0.4 is 5.73 Å². The number of nitrogens with two attached hydrogens (primary N) is 1. The molecule has 2 N–H and O–H groups in total. The van der Waals surface area contributed by atoms with Crippen LogP contribution in [0.25, 0.3) is 0 Å². The lowest BCUT2D eigenvalue weighted by Crippen LogP contribution is -2.28. The summed E-state index contributed by atoms with van der Waals surface area (Å²) < 4.78 is 38.2. The Labute approximate surface area is 104 Å². The van der Waals surface area contributed by atoms with Crippen molar-refractivity contribution < 1.29 is 13.2 Å². The fourth-order valence-electron chi connectivity index (χ4n) is 1.43. The molecule has 0 aliphatic rings. The molecule has 0 aromatic heterocycles. The first-order valence-electron chi connectivity index (χ1n) is 5.35. The van der Waals surface area contributed by atoms with E-state index in [2.05, 4.69) is 0 Å². The molecule has 0 fully saturated rings. The van der Waals surface area contributed by atoms with E-state index in [9.17, 15) is 13.2 Å². The molecule has 0 aliphatic carbocycles. The smallest absolute Gasteiger partial charge is 0.330 e. The zero-order chi connectivity index (χ0) is 13.1. The fraction of sp³-hybridized carbons (Fsp3) is 0.500. The molecule has 0 saturated carbocycles. The molecule has 96 valence electrons. The lowest BCUT2D eigenvalue weighted by molar-refractivity contribution is -0.129. The quantitative estimate of drug-likeness (QED) is 0.839. The van der Waals surface area contributed by atoms with Crippen molar-refractivity contribution in [1.82, 2.24) is 0 Å². The van der Waals surface area contributed by atoms with Crippen molar-refractivity contribution in [3.63, 3.8) is 0 Å². The highest BCUT2D eigenvalue weighted by Crippen LogP contribution is 2.38. The first-order chi connectivity index (χ1) is 7.84. The number of hydrogen-bond acceptors (Lipinski definition) is 2. The molecule has 1 aromatic carbocycles. The molecular formula is C12H16F3NS. The predicted molar refractivity (Wildman–Crippen MR) is 65.3 cm³/mol. The topological polar surface area (TPSA) is 26.0 Å². The van der Waals surface area contributed by atoms with Crippen LogP contribution in [0, 0.1) is 13.8 Å². The third kappa shape index (κ3) is 4.24. The van der Waals surface area contributed by atoms with Gasteiger partial charge in [0.1, 0.15) is 5.25 Å². The summed E-state index contributed by atoms with van der Waals surface area (Å²) in [7, 11) is 0. The first kappa shape index (κ1) is 14.4. The van der Waals surface area contributed by atoms with Gasteiger partial charge in [0, 0.05) is 4.90 Å². The second-order valence-electron chi connectivity index (χ2n) is 3.99. The molecule has 0 heterocycles. The number of thioether (sulfide) groups is 1. The van der Waals surface area contributed by atoms with Crippen LogP contribution >= 0.6 is 11.8 Å². The zero-order valence-corrected chi connectivity index (χ0v) is 10.7. The summed E-state index contributed by atoms with van der Waals surface area (Å²) in [5, 5.41) is -1.42. The number of halogens is 3. The van der Waals surface area contributed by atoms with E-state index in [1.807, 2.05) is 26.0 Å². The minimum atomic E-state index is -4.21. The first-order valence-corrected chi connectivity index (χ1v) is 6.23. The van der Waals surface area contributed by atoms with E-state index in [0.29, 0.717) is 4.90 Å². The van der Waals surface area contributed by atoms with E-state index >= 15 is 0 Å². The summed E-state index contributed by atoms with van der Waals surface area (Å²) in [4.78, 5) is 0.681. The molecule has 1 rings (SSSR count). The highest BCUT2D eigenvalue weighted by Gasteiger charge is 2.39. The maximum absolute atomic E-state index is 12.7. The Morgan fingerprint density at radius 1 is 1.29 bits per heavy atom. The second-order valence-corrected chi connectivity index (χ2v) is 5.24. The molecular weight excluding hydrogens is 247 g/mol. The normalized spacial score (nSPS) is 13.8. The van der Waals surface area contributed by atoms with Gasteiger partial charge in [0.2, 0.25) is 0 Å². The number of alkyl halides is 3. The van der Waals surface area contributed by atoms with Gasteiger partial charge >= 0.3 is 6.18 Å². The summed E-state index contributed by atoms with van der Waals surface area (Å²) in [6, 6.07) is 5.52. The maximum Gasteiger partial charge on any atom is 0.400 e. The molecule has 0 bridgehead atoms. The van der Waals surface area contributed by atoms with Gasteiger partial charge in [-0.05, 0) is 38.4 Å². The van der Waals surface area contributed by atoms with Gasteiger partial charge in [0.15, 0.2) is 0 Å². The largest absolute Gasteiger partial charge is 0.400 e. The fourth-order valence-corrected chi connectivity index (χ4v) is 2.63. The van der Waals surface area contributed by atoms with Crippen molar-refractivity contribution in [3.05, 3.63) is 29.3 Å². The Bertz CT molecular complexity index is 377. The Hall–Kier alpha value is -0.680. The standard InChI is InChI=1S/C12H16F3NS/c1-8-3-4-9(2)10(7-8)17-11(5-6-16)12(13,14)15/h3-4,7,11H,5-6,16H2,1-2H3. The highest BCUT2D eigenvalue weighted by molar-refractivity contribution is 8.00. The van der Waals surface area contributed by atoms with Crippen LogP contribution in [-0.4, -0.2) is 18.0 Å². The molecule has 5 heteroatoms. The minimum absolute atomic E-state index is 0.0437. The van der Waals surface area contributed by atoms with Crippen molar-refractivity contribution in [2.75, 3.05) is 6.54 Å². The van der Waals surface area contributed by atoms with Crippen LogP contribution in [-0.2, 0) is 0 Å². The van der Waals surface area contributed by atoms with E-state index in [4.69, 9.17) is 5.73 Å². The number of benzene rings is 1. The van der Waals surface area contributed by atoms with Crippen LogP contribution in [0.1, 0.15) is 17.5 Å². The van der Waals surface area contributed by atoms with E-state index < -0.39 is 11.4 Å². The number of hydrogen-bond donors (Lipinski definition) is 1. The van der Waals surface area contributed by atoms with Crippen LogP contribution in [0.5, 0.6) is 0 Å². The van der Waals surface area contributed by atoms with Crippen molar-refractivity contribution in [1.29, 1.82) is 0 Å². The number of aryl methyl sites for hydroxylation is 2. The average Bonchev–Trinajstić information content (AvgIpc) is 2.21. The average molecular weight is 263 g/mol. The van der Waals surface area contributed by atoms with Gasteiger partial charge in [-0.3, -0.25) is 0 Å². The third-order valence-corrected chi connectivity index (χ3v) is 3.89. The summed E-state index contributed by atoms with van der Waals surface area (Å²) in [5.41, 5.74) is 7.07. The minimum Gasteiger partial charge on any atom is -0.330 e. The lowest BCUT2D eigenvalue weighted by Gasteiger charge is -2.20. The lowest BCUT2D eigenvalue weighted by atomic mass is 10.2. The molecule has 0 amide bonds. The Morgan fingerprint density at radius 2 is 1.94 bits per heavy atom. The molecule has 1 nitrogen and oxygen atoms in total. The van der Waals surface area contributed by atoms with Gasteiger partial charge in [-0.15, -0.1) is 11.8 Å². The molecule has 1 atom stereocenters. The third-order valence-electron chi connectivity index (χ3n) is 2.41. The van der Waals surface area contributed by atoms with Crippen LogP contribution in [0.4, 0.5) is 13.2 Å². The van der Waals surface area contributed by atoms with E-state index in [1.165, 1.54) is 0 Å². The maximum atomic E-state index is 12.7. The van der Waals surface area contributed by atoms with E-state index in [0.717, 1.165) is 22.9 Å². The Kier molecular flexibility index (Phi) is 4.89. The summed E-state index contributed by atoms with van der Waals surface area (Å²) in [5.74, 6) is 0. The van der Waals surface area contributed by atoms with E-state index in [1.54, 1.807) is 6.07 Å². The second kappa shape index (κ2) is 5.78. The van der Waals surface area contributed by atoms with Crippen molar-refractivity contribution in [2.24, 2.45) is 5.73 Å². The van der Waals surface area contributed by atoms with Crippen molar-refractivity contribution in [2.45, 2.75) is 36.6 Å². The van der Waals surface area contributed by atoms with E-state index in [-0.39, 0.29) is 13.0 Å². The molecule has 0 spiro atoms. The molecule has 0 saturated heterocycles. The van der Waals surface area contributed by atoms with Gasteiger partial charge in [-0.1, -0.05) is 17.7 Å². The zero-order valence-electron chi connectivity index (χ0n) is 9.84. The van der Waals surface area contributed by atoms with Crippen molar-refractivity contribution in [3.8, 4) is 0 Å². The van der Waals surface area contributed by atoms with Crippen LogP contribution in [0.15, 0.2) is 23.1 Å². The summed E-state index contributed by atoms with van der Waals surface area (Å²) in [6.45, 7) is 3.73. The van der Waals surface area contributed by atoms with Gasteiger partial charge in [0.25, 0.3) is 0 Å².